The van der Waals surface area contributed by atoms with Crippen molar-refractivity contribution in [3.05, 3.63) is 48.0 Å². The van der Waals surface area contributed by atoms with Crippen molar-refractivity contribution in [3.63, 3.8) is 0 Å². The molecule has 9 heteroatoms. The molecule has 7 nitrogen and oxygen atoms in total. The van der Waals surface area contributed by atoms with E-state index < -0.39 is 10.0 Å². The molecule has 2 atom stereocenters. The molecule has 0 spiro atoms. The Balaban J connectivity index is 1.46. The fraction of sp³-hybridized carbons (Fsp3) is 0.417. The van der Waals surface area contributed by atoms with E-state index in [1.807, 2.05) is 25.1 Å². The van der Waals surface area contributed by atoms with E-state index in [0.29, 0.717) is 42.2 Å². The third-order valence-electron chi connectivity index (χ3n) is 5.70. The smallest absolute Gasteiger partial charge is 0.243 e. The number of piperidine rings is 1. The molecule has 1 aliphatic rings. The van der Waals surface area contributed by atoms with Gasteiger partial charge in [0.1, 0.15) is 5.75 Å². The Morgan fingerprint density at radius 2 is 1.94 bits per heavy atom. The number of fused-ring (bicyclic) bond motifs is 1. The zero-order chi connectivity index (χ0) is 23.6. The molecule has 176 valence electrons. The SMILES string of the molecule is CCOc1ccc2nc(NCC(=O)c3cccc(S(=O)(=O)N4CC(C)CC(C)C4)c3)sc2c1. The molecule has 1 saturated heterocycles. The van der Waals surface area contributed by atoms with Gasteiger partial charge in [0, 0.05) is 18.7 Å². The number of hydrogen-bond acceptors (Lipinski definition) is 7. The van der Waals surface area contributed by atoms with Gasteiger partial charge in [-0.3, -0.25) is 4.79 Å². The van der Waals surface area contributed by atoms with E-state index in [1.54, 1.807) is 22.5 Å². The molecular formula is C24H29N3O4S2. The number of rotatable bonds is 8. The molecule has 0 saturated carbocycles. The van der Waals surface area contributed by atoms with Gasteiger partial charge in [-0.1, -0.05) is 37.3 Å². The standard InChI is InChI=1S/C24H29N3O4S2/c1-4-31-19-8-9-21-23(12-19)32-24(26-21)25-13-22(28)18-6-5-7-20(11-18)33(29,30)27-14-16(2)10-17(3)15-27/h5-9,11-12,16-17H,4,10,13-15H2,1-3H3,(H,25,26). The molecule has 1 aliphatic heterocycles. The minimum absolute atomic E-state index is 0.0272. The molecule has 0 radical (unpaired) electrons. The Morgan fingerprint density at radius 1 is 1.18 bits per heavy atom. The number of nitrogens with one attached hydrogen (secondary N) is 1. The van der Waals surface area contributed by atoms with Crippen molar-refractivity contribution in [2.75, 3.05) is 31.6 Å². The number of ketones is 1. The number of thiazole rings is 1. The van der Waals surface area contributed by atoms with Gasteiger partial charge in [-0.25, -0.2) is 13.4 Å². The van der Waals surface area contributed by atoms with E-state index in [9.17, 15) is 13.2 Å². The van der Waals surface area contributed by atoms with Crippen molar-refractivity contribution in [1.29, 1.82) is 0 Å². The molecule has 1 fully saturated rings. The van der Waals surface area contributed by atoms with Crippen LogP contribution in [0.2, 0.25) is 0 Å². The van der Waals surface area contributed by atoms with Gasteiger partial charge in [0.25, 0.3) is 0 Å². The van der Waals surface area contributed by atoms with E-state index in [1.165, 1.54) is 17.4 Å². The largest absolute Gasteiger partial charge is 0.494 e. The highest BCUT2D eigenvalue weighted by molar-refractivity contribution is 7.89. The highest BCUT2D eigenvalue weighted by Crippen LogP contribution is 2.30. The molecule has 2 heterocycles. The summed E-state index contributed by atoms with van der Waals surface area (Å²) in [7, 11) is -3.64. The van der Waals surface area contributed by atoms with Crippen LogP contribution < -0.4 is 10.1 Å². The number of carbonyl (C=O) groups is 1. The maximum Gasteiger partial charge on any atom is 0.243 e. The summed E-state index contributed by atoms with van der Waals surface area (Å²) in [6.45, 7) is 7.72. The minimum atomic E-state index is -3.64. The number of aromatic nitrogens is 1. The number of anilines is 1. The van der Waals surface area contributed by atoms with Gasteiger partial charge in [0.2, 0.25) is 10.0 Å². The molecule has 2 unspecified atom stereocenters. The first-order valence-corrected chi connectivity index (χ1v) is 13.4. The van der Waals surface area contributed by atoms with Crippen LogP contribution in [0.1, 0.15) is 37.6 Å². The van der Waals surface area contributed by atoms with Crippen LogP contribution in [-0.4, -0.2) is 49.7 Å². The number of ether oxygens (including phenoxy) is 1. The molecule has 4 rings (SSSR count). The average molecular weight is 488 g/mol. The second-order valence-corrected chi connectivity index (χ2v) is 11.6. The van der Waals surface area contributed by atoms with Crippen molar-refractivity contribution in [2.24, 2.45) is 11.8 Å². The van der Waals surface area contributed by atoms with E-state index >= 15 is 0 Å². The minimum Gasteiger partial charge on any atom is -0.494 e. The van der Waals surface area contributed by atoms with Crippen LogP contribution in [0.3, 0.4) is 0 Å². The van der Waals surface area contributed by atoms with E-state index in [2.05, 4.69) is 24.1 Å². The summed E-state index contributed by atoms with van der Waals surface area (Å²) in [5, 5.41) is 3.71. The molecular weight excluding hydrogens is 458 g/mol. The first-order valence-electron chi connectivity index (χ1n) is 11.2. The predicted octanol–water partition coefficient (Wildman–Crippen LogP) is 4.66. The summed E-state index contributed by atoms with van der Waals surface area (Å²) in [6.07, 6.45) is 1.02. The van der Waals surface area contributed by atoms with Gasteiger partial charge in [0.15, 0.2) is 10.9 Å². The van der Waals surface area contributed by atoms with Crippen molar-refractivity contribution < 1.29 is 17.9 Å². The summed E-state index contributed by atoms with van der Waals surface area (Å²) in [5.41, 5.74) is 1.19. The van der Waals surface area contributed by atoms with Crippen LogP contribution in [0.15, 0.2) is 47.4 Å². The van der Waals surface area contributed by atoms with Crippen LogP contribution in [0.25, 0.3) is 10.2 Å². The predicted molar refractivity (Wildman–Crippen MR) is 132 cm³/mol. The third kappa shape index (κ3) is 5.37. The third-order valence-corrected chi connectivity index (χ3v) is 8.50. The molecule has 1 aromatic heterocycles. The highest BCUT2D eigenvalue weighted by atomic mass is 32.2. The molecule has 1 N–H and O–H groups in total. The van der Waals surface area contributed by atoms with Crippen molar-refractivity contribution in [2.45, 2.75) is 32.1 Å². The number of benzene rings is 2. The van der Waals surface area contributed by atoms with E-state index in [4.69, 9.17) is 4.74 Å². The van der Waals surface area contributed by atoms with Crippen molar-refractivity contribution in [3.8, 4) is 5.75 Å². The monoisotopic (exact) mass is 487 g/mol. The van der Waals surface area contributed by atoms with E-state index in [0.717, 1.165) is 22.4 Å². The lowest BCUT2D eigenvalue weighted by molar-refractivity contribution is 0.101. The topological polar surface area (TPSA) is 88.6 Å². The number of Topliss-reactive ketones (excluding diaryl/α,β-unsaturated/α-hetero) is 1. The van der Waals surface area contributed by atoms with Gasteiger partial charge in [0.05, 0.1) is 28.3 Å². The second-order valence-electron chi connectivity index (χ2n) is 8.65. The zero-order valence-electron chi connectivity index (χ0n) is 19.1. The summed E-state index contributed by atoms with van der Waals surface area (Å²) in [4.78, 5) is 17.5. The second kappa shape index (κ2) is 9.79. The molecule has 0 bridgehead atoms. The maximum atomic E-state index is 13.2. The first-order chi connectivity index (χ1) is 15.8. The average Bonchev–Trinajstić information content (AvgIpc) is 3.19. The van der Waals surface area contributed by atoms with Gasteiger partial charge >= 0.3 is 0 Å². The number of carbonyl (C=O) groups excluding carboxylic acids is 1. The Labute approximate surface area is 198 Å². The van der Waals surface area contributed by atoms with Gasteiger partial charge in [-0.05, 0) is 55.5 Å². The Morgan fingerprint density at radius 3 is 2.67 bits per heavy atom. The lowest BCUT2D eigenvalue weighted by Crippen LogP contribution is -2.42. The first kappa shape index (κ1) is 23.7. The zero-order valence-corrected chi connectivity index (χ0v) is 20.7. The summed E-state index contributed by atoms with van der Waals surface area (Å²) < 4.78 is 34.4. The number of nitrogens with zero attached hydrogens (tertiary/aromatic N) is 2. The normalized spacial score (nSPS) is 19.5. The summed E-state index contributed by atoms with van der Waals surface area (Å²) in [5.74, 6) is 1.22. The van der Waals surface area contributed by atoms with Gasteiger partial charge in [-0.2, -0.15) is 4.31 Å². The highest BCUT2D eigenvalue weighted by Gasteiger charge is 2.32. The van der Waals surface area contributed by atoms with Crippen LogP contribution in [0.4, 0.5) is 5.13 Å². The Kier molecular flexibility index (Phi) is 7.02. The fourth-order valence-electron chi connectivity index (χ4n) is 4.28. The summed E-state index contributed by atoms with van der Waals surface area (Å²) >= 11 is 1.44. The molecule has 33 heavy (non-hydrogen) atoms. The summed E-state index contributed by atoms with van der Waals surface area (Å²) in [6, 6.07) is 12.0. The molecule has 0 amide bonds. The van der Waals surface area contributed by atoms with E-state index in [-0.39, 0.29) is 17.2 Å². The quantitative estimate of drug-likeness (QED) is 0.465. The maximum absolute atomic E-state index is 13.2. The fourth-order valence-corrected chi connectivity index (χ4v) is 6.89. The molecule has 2 aromatic carbocycles. The molecule has 0 aliphatic carbocycles. The van der Waals surface area contributed by atoms with Crippen LogP contribution in [0, 0.1) is 11.8 Å². The lowest BCUT2D eigenvalue weighted by Gasteiger charge is -2.34. The van der Waals surface area contributed by atoms with Crippen LogP contribution >= 0.6 is 11.3 Å². The number of sulfonamides is 1. The van der Waals surface area contributed by atoms with Gasteiger partial charge in [-0.15, -0.1) is 0 Å². The Bertz CT molecular complexity index is 1250. The van der Waals surface area contributed by atoms with Crippen LogP contribution in [-0.2, 0) is 10.0 Å². The van der Waals surface area contributed by atoms with Crippen molar-refractivity contribution >= 4 is 42.5 Å². The Hall–Kier alpha value is -2.49. The van der Waals surface area contributed by atoms with Crippen LogP contribution in [0.5, 0.6) is 5.75 Å². The van der Waals surface area contributed by atoms with Crippen molar-refractivity contribution in [1.82, 2.24) is 9.29 Å². The molecule has 3 aromatic rings. The van der Waals surface area contributed by atoms with Gasteiger partial charge < -0.3 is 10.1 Å². The number of hydrogen-bond donors (Lipinski definition) is 1. The lowest BCUT2D eigenvalue weighted by atomic mass is 9.94.